The zero-order valence-electron chi connectivity index (χ0n) is 18.9. The molecule has 168 valence electrons. The van der Waals surface area contributed by atoms with E-state index < -0.39 is 0 Å². The molecule has 1 unspecified atom stereocenters. The summed E-state index contributed by atoms with van der Waals surface area (Å²) in [7, 11) is 2.24. The first-order valence-electron chi connectivity index (χ1n) is 11.6. The average Bonchev–Trinajstić information content (AvgIpc) is 3.36. The van der Waals surface area contributed by atoms with Gasteiger partial charge in [0.15, 0.2) is 0 Å². The Labute approximate surface area is 195 Å². The lowest BCUT2D eigenvalue weighted by molar-refractivity contribution is -0.132. The van der Waals surface area contributed by atoms with E-state index in [9.17, 15) is 4.79 Å². The SMILES string of the molecule is CN(Cc1ccncc1)C(Cc1ccccc1)C1CCN(C(=O)CCc2cccs2)CC1. The van der Waals surface area contributed by atoms with E-state index in [-0.39, 0.29) is 0 Å². The van der Waals surface area contributed by atoms with Gasteiger partial charge >= 0.3 is 0 Å². The second kappa shape index (κ2) is 11.4. The number of likely N-dealkylation sites (tertiary alicyclic amines) is 1. The molecule has 1 aromatic carbocycles. The van der Waals surface area contributed by atoms with E-state index >= 15 is 0 Å². The largest absolute Gasteiger partial charge is 0.343 e. The van der Waals surface area contributed by atoms with E-state index in [1.165, 1.54) is 16.0 Å². The Bertz CT molecular complexity index is 938. The number of hydrogen-bond acceptors (Lipinski definition) is 4. The quantitative estimate of drug-likeness (QED) is 0.460. The first-order chi connectivity index (χ1) is 15.7. The zero-order chi connectivity index (χ0) is 22.2. The summed E-state index contributed by atoms with van der Waals surface area (Å²) < 4.78 is 0. The molecular weight excluding hydrogens is 414 g/mol. The third-order valence-corrected chi connectivity index (χ3v) is 7.57. The van der Waals surface area contributed by atoms with Crippen LogP contribution >= 0.6 is 11.3 Å². The maximum absolute atomic E-state index is 12.8. The number of hydrogen-bond donors (Lipinski definition) is 0. The molecule has 1 fully saturated rings. The number of aryl methyl sites for hydroxylation is 1. The molecule has 3 aromatic rings. The van der Waals surface area contributed by atoms with E-state index in [0.29, 0.717) is 24.3 Å². The topological polar surface area (TPSA) is 36.4 Å². The molecule has 3 heterocycles. The molecule has 1 saturated heterocycles. The molecule has 1 aliphatic rings. The molecule has 32 heavy (non-hydrogen) atoms. The summed E-state index contributed by atoms with van der Waals surface area (Å²) in [5.41, 5.74) is 2.68. The minimum atomic E-state index is 0.307. The number of carbonyl (C=O) groups is 1. The minimum absolute atomic E-state index is 0.307. The smallest absolute Gasteiger partial charge is 0.222 e. The number of aromatic nitrogens is 1. The van der Waals surface area contributed by atoms with Gasteiger partial charge in [-0.15, -0.1) is 11.3 Å². The van der Waals surface area contributed by atoms with Gasteiger partial charge in [-0.3, -0.25) is 14.7 Å². The molecule has 0 N–H and O–H groups in total. The highest BCUT2D eigenvalue weighted by molar-refractivity contribution is 7.09. The van der Waals surface area contributed by atoms with Crippen molar-refractivity contribution >= 4 is 17.2 Å². The summed E-state index contributed by atoms with van der Waals surface area (Å²) in [4.78, 5) is 22.8. The molecule has 0 saturated carbocycles. The molecule has 0 spiro atoms. The van der Waals surface area contributed by atoms with E-state index in [1.54, 1.807) is 11.3 Å². The zero-order valence-corrected chi connectivity index (χ0v) is 19.7. The number of amides is 1. The van der Waals surface area contributed by atoms with Gasteiger partial charge < -0.3 is 4.90 Å². The van der Waals surface area contributed by atoms with Crippen LogP contribution in [-0.2, 0) is 24.2 Å². The van der Waals surface area contributed by atoms with Crippen LogP contribution in [0.5, 0.6) is 0 Å². The number of benzene rings is 1. The van der Waals surface area contributed by atoms with Crippen LogP contribution in [0.4, 0.5) is 0 Å². The van der Waals surface area contributed by atoms with Gasteiger partial charge in [0.05, 0.1) is 0 Å². The monoisotopic (exact) mass is 447 g/mol. The van der Waals surface area contributed by atoms with E-state index in [0.717, 1.165) is 45.3 Å². The van der Waals surface area contributed by atoms with Crippen LogP contribution < -0.4 is 0 Å². The van der Waals surface area contributed by atoms with Gasteiger partial charge in [-0.05, 0) is 73.4 Å². The third-order valence-electron chi connectivity index (χ3n) is 6.64. The van der Waals surface area contributed by atoms with Crippen LogP contribution in [0.1, 0.15) is 35.3 Å². The van der Waals surface area contributed by atoms with Crippen LogP contribution in [0.25, 0.3) is 0 Å². The van der Waals surface area contributed by atoms with Crippen molar-refractivity contribution in [3.05, 3.63) is 88.4 Å². The molecule has 1 amide bonds. The molecule has 2 aromatic heterocycles. The molecule has 0 bridgehead atoms. The van der Waals surface area contributed by atoms with Crippen molar-refractivity contribution in [2.75, 3.05) is 20.1 Å². The fraction of sp³-hybridized carbons (Fsp3) is 0.407. The number of pyridine rings is 1. The number of nitrogens with zero attached hydrogens (tertiary/aromatic N) is 3. The highest BCUT2D eigenvalue weighted by Crippen LogP contribution is 2.28. The summed E-state index contributed by atoms with van der Waals surface area (Å²) in [5, 5.41) is 2.08. The molecule has 5 heteroatoms. The maximum atomic E-state index is 12.8. The summed E-state index contributed by atoms with van der Waals surface area (Å²) >= 11 is 1.74. The van der Waals surface area contributed by atoms with Crippen molar-refractivity contribution in [1.29, 1.82) is 0 Å². The summed E-state index contributed by atoms with van der Waals surface area (Å²) in [6.07, 6.45) is 8.42. The molecule has 0 aliphatic carbocycles. The standard InChI is InChI=1S/C27H33N3OS/c1-29(21-23-11-15-28-16-12-23)26(20-22-6-3-2-4-7-22)24-13-17-30(18-14-24)27(31)10-9-25-8-5-19-32-25/h2-8,11-12,15-16,19,24,26H,9-10,13-14,17-18,20-21H2,1H3. The Morgan fingerprint density at radius 2 is 1.81 bits per heavy atom. The summed E-state index contributed by atoms with van der Waals surface area (Å²) in [5.74, 6) is 0.894. The number of likely N-dealkylation sites (N-methyl/N-ethyl adjacent to an activating group) is 1. The van der Waals surface area contributed by atoms with Crippen molar-refractivity contribution in [3.8, 4) is 0 Å². The lowest BCUT2D eigenvalue weighted by Crippen LogP contribution is -2.46. The van der Waals surface area contributed by atoms with Crippen molar-refractivity contribution < 1.29 is 4.79 Å². The predicted octanol–water partition coefficient (Wildman–Crippen LogP) is 5.06. The molecule has 1 aliphatic heterocycles. The van der Waals surface area contributed by atoms with Gasteiger partial charge in [0.2, 0.25) is 5.91 Å². The Hall–Kier alpha value is -2.50. The van der Waals surface area contributed by atoms with E-state index in [2.05, 4.69) is 81.8 Å². The number of rotatable bonds is 9. The number of thiophene rings is 1. The van der Waals surface area contributed by atoms with Gasteiger partial charge in [-0.25, -0.2) is 0 Å². The molecule has 0 radical (unpaired) electrons. The van der Waals surface area contributed by atoms with Crippen LogP contribution in [0.15, 0.2) is 72.4 Å². The first kappa shape index (κ1) is 22.7. The Morgan fingerprint density at radius 1 is 1.06 bits per heavy atom. The highest BCUT2D eigenvalue weighted by atomic mass is 32.1. The van der Waals surface area contributed by atoms with Crippen LogP contribution in [0, 0.1) is 5.92 Å². The Balaban J connectivity index is 1.37. The maximum Gasteiger partial charge on any atom is 0.222 e. The van der Waals surface area contributed by atoms with Crippen LogP contribution in [0.2, 0.25) is 0 Å². The van der Waals surface area contributed by atoms with Crippen molar-refractivity contribution in [3.63, 3.8) is 0 Å². The van der Waals surface area contributed by atoms with Gasteiger partial charge in [-0.1, -0.05) is 36.4 Å². The fourth-order valence-electron chi connectivity index (χ4n) is 4.81. The molecular formula is C27H33N3OS. The van der Waals surface area contributed by atoms with Gasteiger partial charge in [0.25, 0.3) is 0 Å². The van der Waals surface area contributed by atoms with Crippen LogP contribution in [-0.4, -0.2) is 46.9 Å². The number of carbonyl (C=O) groups excluding carboxylic acids is 1. The van der Waals surface area contributed by atoms with Gasteiger partial charge in [0, 0.05) is 49.4 Å². The lowest BCUT2D eigenvalue weighted by Gasteiger charge is -2.40. The third kappa shape index (κ3) is 6.27. The molecule has 4 nitrogen and oxygen atoms in total. The van der Waals surface area contributed by atoms with Crippen molar-refractivity contribution in [2.24, 2.45) is 5.92 Å². The Morgan fingerprint density at radius 3 is 2.50 bits per heavy atom. The first-order valence-corrected chi connectivity index (χ1v) is 12.5. The second-order valence-corrected chi connectivity index (χ2v) is 9.86. The summed E-state index contributed by atoms with van der Waals surface area (Å²) in [6, 6.07) is 19.6. The van der Waals surface area contributed by atoms with Crippen molar-refractivity contribution in [2.45, 2.75) is 44.7 Å². The number of piperidine rings is 1. The minimum Gasteiger partial charge on any atom is -0.343 e. The van der Waals surface area contributed by atoms with E-state index in [1.807, 2.05) is 12.4 Å². The van der Waals surface area contributed by atoms with Gasteiger partial charge in [-0.2, -0.15) is 0 Å². The van der Waals surface area contributed by atoms with E-state index in [4.69, 9.17) is 0 Å². The van der Waals surface area contributed by atoms with Crippen molar-refractivity contribution in [1.82, 2.24) is 14.8 Å². The molecule has 4 rings (SSSR count). The van der Waals surface area contributed by atoms with Crippen LogP contribution in [0.3, 0.4) is 0 Å². The highest BCUT2D eigenvalue weighted by Gasteiger charge is 2.30. The summed E-state index contributed by atoms with van der Waals surface area (Å²) in [6.45, 7) is 2.67. The second-order valence-electron chi connectivity index (χ2n) is 8.83. The molecule has 1 atom stereocenters. The normalized spacial score (nSPS) is 15.8. The van der Waals surface area contributed by atoms with Gasteiger partial charge in [0.1, 0.15) is 0 Å². The predicted molar refractivity (Wildman–Crippen MR) is 132 cm³/mol. The fourth-order valence-corrected chi connectivity index (χ4v) is 5.52. The lowest BCUT2D eigenvalue weighted by atomic mass is 9.84. The Kier molecular flexibility index (Phi) is 8.07. The average molecular weight is 448 g/mol.